The van der Waals surface area contributed by atoms with Gasteiger partial charge in [-0.2, -0.15) is 13.2 Å². The summed E-state index contributed by atoms with van der Waals surface area (Å²) in [5, 5.41) is 2.67. The van der Waals surface area contributed by atoms with Gasteiger partial charge in [0.25, 0.3) is 0 Å². The summed E-state index contributed by atoms with van der Waals surface area (Å²) in [6.45, 7) is 0.0468. The number of methoxy groups -OCH3 is 1. The van der Waals surface area contributed by atoms with Gasteiger partial charge in [-0.3, -0.25) is 0 Å². The average Bonchev–Trinajstić information content (AvgIpc) is 2.33. The first-order valence-electron chi connectivity index (χ1n) is 4.92. The first-order chi connectivity index (χ1) is 8.44. The van der Waals surface area contributed by atoms with E-state index in [1.54, 1.807) is 6.07 Å². The Kier molecular flexibility index (Phi) is 5.26. The van der Waals surface area contributed by atoms with Crippen LogP contribution in [0, 0.1) is 0 Å². The van der Waals surface area contributed by atoms with E-state index in [9.17, 15) is 18.0 Å². The van der Waals surface area contributed by atoms with E-state index in [4.69, 9.17) is 0 Å². The number of carbonyl (C=O) groups is 1. The van der Waals surface area contributed by atoms with Crippen LogP contribution < -0.4 is 5.32 Å². The van der Waals surface area contributed by atoms with E-state index in [0.29, 0.717) is 0 Å². The van der Waals surface area contributed by atoms with Crippen LogP contribution >= 0.6 is 11.8 Å². The fraction of sp³-hybridized carbons (Fsp3) is 0.400. The van der Waals surface area contributed by atoms with Crippen molar-refractivity contribution in [2.24, 2.45) is 0 Å². The average molecular weight is 280 g/mol. The Bertz CT molecular complexity index is 412. The number of pyridine rings is 1. The largest absolute Gasteiger partial charge is 0.465 e. The van der Waals surface area contributed by atoms with Crippen LogP contribution in [0.15, 0.2) is 18.3 Å². The third-order valence-electron chi connectivity index (χ3n) is 1.87. The van der Waals surface area contributed by atoms with Gasteiger partial charge in [0.05, 0.1) is 7.11 Å². The summed E-state index contributed by atoms with van der Waals surface area (Å²) in [7, 11) is 1.22. The Balaban J connectivity index is 2.54. The first-order valence-corrected chi connectivity index (χ1v) is 5.90. The van der Waals surface area contributed by atoms with Gasteiger partial charge < -0.3 is 10.1 Å². The molecule has 0 amide bonds. The van der Waals surface area contributed by atoms with Crippen molar-refractivity contribution >= 4 is 23.5 Å². The summed E-state index contributed by atoms with van der Waals surface area (Å²) in [5.41, 5.74) is -4.06. The van der Waals surface area contributed by atoms with Crippen LogP contribution in [0.4, 0.5) is 19.0 Å². The highest BCUT2D eigenvalue weighted by molar-refractivity contribution is 8.00. The minimum Gasteiger partial charge on any atom is -0.465 e. The topological polar surface area (TPSA) is 51.2 Å². The van der Waals surface area contributed by atoms with Crippen molar-refractivity contribution in [1.29, 1.82) is 0 Å². The highest BCUT2D eigenvalue weighted by Gasteiger charge is 2.27. The Morgan fingerprint density at radius 3 is 2.89 bits per heavy atom. The highest BCUT2D eigenvalue weighted by Crippen LogP contribution is 2.29. The zero-order chi connectivity index (χ0) is 13.6. The Morgan fingerprint density at radius 1 is 1.56 bits per heavy atom. The zero-order valence-electron chi connectivity index (χ0n) is 9.45. The van der Waals surface area contributed by atoms with Crippen LogP contribution in [-0.2, 0) is 4.74 Å². The van der Waals surface area contributed by atoms with Crippen molar-refractivity contribution in [3.05, 3.63) is 23.9 Å². The van der Waals surface area contributed by atoms with E-state index < -0.39 is 11.5 Å². The number of anilines is 1. The normalized spacial score (nSPS) is 11.1. The number of carbonyl (C=O) groups excluding carboxylic acids is 1. The number of ether oxygens (including phenoxy) is 1. The minimum absolute atomic E-state index is 0.0468. The van der Waals surface area contributed by atoms with Crippen molar-refractivity contribution in [1.82, 2.24) is 4.98 Å². The van der Waals surface area contributed by atoms with E-state index in [1.165, 1.54) is 19.4 Å². The van der Waals surface area contributed by atoms with Crippen molar-refractivity contribution in [3.8, 4) is 0 Å². The Morgan fingerprint density at radius 2 is 2.28 bits per heavy atom. The van der Waals surface area contributed by atoms with Crippen molar-refractivity contribution in [2.75, 3.05) is 24.7 Å². The minimum atomic E-state index is -4.25. The molecule has 0 fully saturated rings. The highest BCUT2D eigenvalue weighted by atomic mass is 32.2. The van der Waals surface area contributed by atoms with Crippen LogP contribution in [0.3, 0.4) is 0 Å². The maximum Gasteiger partial charge on any atom is 0.441 e. The molecule has 8 heteroatoms. The summed E-state index contributed by atoms with van der Waals surface area (Å²) in [6, 6.07) is 3.03. The molecule has 0 aliphatic carbocycles. The van der Waals surface area contributed by atoms with Gasteiger partial charge >= 0.3 is 11.5 Å². The number of hydrogen-bond acceptors (Lipinski definition) is 5. The van der Waals surface area contributed by atoms with E-state index in [0.717, 1.165) is 0 Å². The SMILES string of the molecule is COC(=O)c1cccnc1NCCSC(F)(F)F. The lowest BCUT2D eigenvalue weighted by Crippen LogP contribution is -2.13. The predicted octanol–water partition coefficient (Wildman–Crippen LogP) is 2.53. The molecule has 0 atom stereocenters. The molecule has 0 aliphatic rings. The maximum absolute atomic E-state index is 11.9. The monoisotopic (exact) mass is 280 g/mol. The molecule has 18 heavy (non-hydrogen) atoms. The zero-order valence-corrected chi connectivity index (χ0v) is 10.3. The van der Waals surface area contributed by atoms with Crippen molar-refractivity contribution < 1.29 is 22.7 Å². The Hall–Kier alpha value is -1.44. The van der Waals surface area contributed by atoms with Crippen LogP contribution in [0.5, 0.6) is 0 Å². The van der Waals surface area contributed by atoms with Gasteiger partial charge in [-0.15, -0.1) is 0 Å². The van der Waals surface area contributed by atoms with Gasteiger partial charge in [0.2, 0.25) is 0 Å². The third-order valence-corrected chi connectivity index (χ3v) is 2.61. The second-order valence-electron chi connectivity index (χ2n) is 3.11. The molecule has 4 nitrogen and oxygen atoms in total. The van der Waals surface area contributed by atoms with Crippen molar-refractivity contribution in [3.63, 3.8) is 0 Å². The molecular weight excluding hydrogens is 269 g/mol. The van der Waals surface area contributed by atoms with Crippen LogP contribution in [0.25, 0.3) is 0 Å². The number of nitrogens with zero attached hydrogens (tertiary/aromatic N) is 1. The molecule has 0 unspecified atom stereocenters. The molecule has 0 bridgehead atoms. The number of hydrogen-bond donors (Lipinski definition) is 1. The lowest BCUT2D eigenvalue weighted by atomic mass is 10.2. The summed E-state index contributed by atoms with van der Waals surface area (Å²) in [6.07, 6.45) is 1.44. The van der Waals surface area contributed by atoms with Gasteiger partial charge in [-0.25, -0.2) is 9.78 Å². The molecule has 0 saturated heterocycles. The molecule has 1 rings (SSSR count). The standard InChI is InChI=1S/C10H11F3N2O2S/c1-17-9(16)7-3-2-4-14-8(7)15-5-6-18-10(11,12)13/h2-4H,5-6H2,1H3,(H,14,15). The fourth-order valence-electron chi connectivity index (χ4n) is 1.16. The van der Waals surface area contributed by atoms with E-state index in [-0.39, 0.29) is 35.4 Å². The molecule has 0 spiro atoms. The van der Waals surface area contributed by atoms with Crippen LogP contribution in [-0.4, -0.2) is 35.9 Å². The number of halogens is 3. The summed E-state index contributed by atoms with van der Waals surface area (Å²) in [5.74, 6) is -0.540. The summed E-state index contributed by atoms with van der Waals surface area (Å²) in [4.78, 5) is 15.2. The van der Waals surface area contributed by atoms with Crippen LogP contribution in [0.2, 0.25) is 0 Å². The molecule has 1 N–H and O–H groups in total. The van der Waals surface area contributed by atoms with Gasteiger partial charge in [-0.05, 0) is 23.9 Å². The third kappa shape index (κ3) is 4.82. The van der Waals surface area contributed by atoms with Gasteiger partial charge in [0.15, 0.2) is 0 Å². The number of aromatic nitrogens is 1. The molecule has 0 saturated carbocycles. The van der Waals surface area contributed by atoms with Gasteiger partial charge in [0, 0.05) is 18.5 Å². The molecule has 0 aromatic carbocycles. The molecule has 1 aromatic rings. The first kappa shape index (κ1) is 14.6. The summed E-state index contributed by atoms with van der Waals surface area (Å²) < 4.78 is 40.2. The molecule has 1 heterocycles. The van der Waals surface area contributed by atoms with E-state index in [1.807, 2.05) is 0 Å². The van der Waals surface area contributed by atoms with Crippen molar-refractivity contribution in [2.45, 2.75) is 5.51 Å². The second kappa shape index (κ2) is 6.48. The predicted molar refractivity (Wildman–Crippen MR) is 62.6 cm³/mol. The number of rotatable bonds is 5. The van der Waals surface area contributed by atoms with E-state index in [2.05, 4.69) is 15.0 Å². The fourth-order valence-corrected chi connectivity index (χ4v) is 1.59. The maximum atomic E-state index is 11.9. The van der Waals surface area contributed by atoms with E-state index >= 15 is 0 Å². The number of thioether (sulfide) groups is 1. The van der Waals surface area contributed by atoms with Gasteiger partial charge in [0.1, 0.15) is 11.4 Å². The molecule has 0 radical (unpaired) electrons. The van der Waals surface area contributed by atoms with Crippen LogP contribution in [0.1, 0.15) is 10.4 Å². The quantitative estimate of drug-likeness (QED) is 0.663. The molecule has 1 aromatic heterocycles. The lowest BCUT2D eigenvalue weighted by Gasteiger charge is -2.10. The summed E-state index contributed by atoms with van der Waals surface area (Å²) >= 11 is -0.134. The second-order valence-corrected chi connectivity index (χ2v) is 4.27. The number of nitrogens with one attached hydrogen (secondary N) is 1. The molecule has 100 valence electrons. The number of esters is 1. The van der Waals surface area contributed by atoms with Gasteiger partial charge in [-0.1, -0.05) is 0 Å². The molecular formula is C10H11F3N2O2S. The number of alkyl halides is 3. The molecule has 0 aliphatic heterocycles. The lowest BCUT2D eigenvalue weighted by molar-refractivity contribution is -0.0327. The smallest absolute Gasteiger partial charge is 0.441 e. The Labute approximate surface area is 106 Å².